The highest BCUT2D eigenvalue weighted by molar-refractivity contribution is 5.95. The number of carbonyl (C=O) groups excluding carboxylic acids is 2. The number of benzene rings is 1. The van der Waals surface area contributed by atoms with E-state index < -0.39 is 29.1 Å². The van der Waals surface area contributed by atoms with Crippen molar-refractivity contribution in [3.05, 3.63) is 47.4 Å². The van der Waals surface area contributed by atoms with Crippen LogP contribution < -0.4 is 10.1 Å². The topological polar surface area (TPSA) is 111 Å². The Morgan fingerprint density at radius 2 is 1.76 bits per heavy atom. The van der Waals surface area contributed by atoms with Crippen molar-refractivity contribution in [1.82, 2.24) is 15.3 Å². The predicted molar refractivity (Wildman–Crippen MR) is 88.5 cm³/mol. The van der Waals surface area contributed by atoms with Gasteiger partial charge < -0.3 is 19.9 Å². The number of esters is 2. The van der Waals surface area contributed by atoms with Gasteiger partial charge in [-0.15, -0.1) is 0 Å². The second kappa shape index (κ2) is 7.27. The molecule has 0 radical (unpaired) electrons. The van der Waals surface area contributed by atoms with Crippen molar-refractivity contribution in [1.29, 1.82) is 0 Å². The molecule has 0 aliphatic heterocycles. The standard InChI is InChI=1S/C17H19N3O5/c1-17(2,18-3)16-19-11(15(23)24-4)12(13(21)20-16)25-14(22)10-8-6-5-7-9-10/h5-9,18H,1-4H3,(H,19,20,21). The van der Waals surface area contributed by atoms with E-state index in [0.29, 0.717) is 0 Å². The molecule has 1 aromatic heterocycles. The number of nitrogens with zero attached hydrogens (tertiary/aromatic N) is 2. The van der Waals surface area contributed by atoms with E-state index in [1.165, 1.54) is 12.1 Å². The minimum Gasteiger partial charge on any atom is -0.491 e. The summed E-state index contributed by atoms with van der Waals surface area (Å²) in [6.07, 6.45) is 0. The van der Waals surface area contributed by atoms with Crippen LogP contribution in [0.15, 0.2) is 30.3 Å². The monoisotopic (exact) mass is 345 g/mol. The van der Waals surface area contributed by atoms with Crippen LogP contribution in [0, 0.1) is 0 Å². The van der Waals surface area contributed by atoms with Gasteiger partial charge in [0.2, 0.25) is 5.75 Å². The molecule has 0 aliphatic rings. The molecule has 0 unspecified atom stereocenters. The lowest BCUT2D eigenvalue weighted by Gasteiger charge is -2.23. The molecule has 8 heteroatoms. The van der Waals surface area contributed by atoms with E-state index in [2.05, 4.69) is 20.0 Å². The molecule has 0 spiro atoms. The van der Waals surface area contributed by atoms with E-state index in [1.54, 1.807) is 39.1 Å². The molecule has 0 atom stereocenters. The number of aromatic hydroxyl groups is 1. The molecule has 8 nitrogen and oxygen atoms in total. The summed E-state index contributed by atoms with van der Waals surface area (Å²) in [5, 5.41) is 13.2. The Morgan fingerprint density at radius 3 is 2.32 bits per heavy atom. The van der Waals surface area contributed by atoms with Crippen LogP contribution in [0.2, 0.25) is 0 Å². The Morgan fingerprint density at radius 1 is 1.12 bits per heavy atom. The maximum Gasteiger partial charge on any atom is 0.360 e. The van der Waals surface area contributed by atoms with Crippen molar-refractivity contribution in [2.75, 3.05) is 14.2 Å². The van der Waals surface area contributed by atoms with Gasteiger partial charge >= 0.3 is 11.9 Å². The SMILES string of the molecule is CNC(C)(C)c1nc(O)c(OC(=O)c2ccccc2)c(C(=O)OC)n1. The van der Waals surface area contributed by atoms with Crippen LogP contribution in [-0.4, -0.2) is 41.2 Å². The molecule has 0 amide bonds. The molecular weight excluding hydrogens is 326 g/mol. The van der Waals surface area contributed by atoms with Gasteiger partial charge in [-0.05, 0) is 33.0 Å². The first-order chi connectivity index (χ1) is 11.8. The number of aromatic nitrogens is 2. The van der Waals surface area contributed by atoms with E-state index in [9.17, 15) is 14.7 Å². The summed E-state index contributed by atoms with van der Waals surface area (Å²) in [7, 11) is 2.84. The van der Waals surface area contributed by atoms with Gasteiger partial charge in [-0.2, -0.15) is 4.98 Å². The quantitative estimate of drug-likeness (QED) is 0.787. The van der Waals surface area contributed by atoms with Crippen LogP contribution >= 0.6 is 0 Å². The van der Waals surface area contributed by atoms with Gasteiger partial charge in [0.05, 0.1) is 18.2 Å². The van der Waals surface area contributed by atoms with Crippen LogP contribution in [0.4, 0.5) is 0 Å². The van der Waals surface area contributed by atoms with Crippen LogP contribution in [0.25, 0.3) is 0 Å². The normalized spacial score (nSPS) is 11.0. The summed E-state index contributed by atoms with van der Waals surface area (Å²) < 4.78 is 9.82. The number of carbonyl (C=O) groups is 2. The largest absolute Gasteiger partial charge is 0.491 e. The van der Waals surface area contributed by atoms with Gasteiger partial charge in [-0.25, -0.2) is 14.6 Å². The zero-order valence-corrected chi connectivity index (χ0v) is 14.4. The molecule has 0 saturated carbocycles. The fourth-order valence-corrected chi connectivity index (χ4v) is 1.88. The predicted octanol–water partition coefficient (Wildman–Crippen LogP) is 1.64. The molecule has 1 aromatic carbocycles. The Balaban J connectivity index is 2.50. The van der Waals surface area contributed by atoms with Crippen molar-refractivity contribution in [3.63, 3.8) is 0 Å². The van der Waals surface area contributed by atoms with Crippen LogP contribution in [0.5, 0.6) is 11.6 Å². The van der Waals surface area contributed by atoms with Gasteiger partial charge in [-0.3, -0.25) is 0 Å². The van der Waals surface area contributed by atoms with Gasteiger partial charge in [0.1, 0.15) is 0 Å². The van der Waals surface area contributed by atoms with Crippen LogP contribution in [0.1, 0.15) is 40.5 Å². The number of methoxy groups -OCH3 is 1. The smallest absolute Gasteiger partial charge is 0.360 e. The second-order valence-corrected chi connectivity index (χ2v) is 5.67. The highest BCUT2D eigenvalue weighted by Gasteiger charge is 2.30. The van der Waals surface area contributed by atoms with Crippen molar-refractivity contribution < 1.29 is 24.2 Å². The molecule has 0 aliphatic carbocycles. The summed E-state index contributed by atoms with van der Waals surface area (Å²) in [4.78, 5) is 32.3. The Kier molecular flexibility index (Phi) is 5.33. The Labute approximate surface area is 144 Å². The first-order valence-corrected chi connectivity index (χ1v) is 7.46. The van der Waals surface area contributed by atoms with Gasteiger partial charge in [0, 0.05) is 0 Å². The molecule has 0 saturated heterocycles. The molecule has 25 heavy (non-hydrogen) atoms. The lowest BCUT2D eigenvalue weighted by atomic mass is 10.1. The minimum atomic E-state index is -0.860. The molecule has 132 valence electrons. The van der Waals surface area contributed by atoms with Crippen molar-refractivity contribution >= 4 is 11.9 Å². The van der Waals surface area contributed by atoms with Gasteiger partial charge in [0.25, 0.3) is 5.88 Å². The van der Waals surface area contributed by atoms with Crippen LogP contribution in [-0.2, 0) is 10.3 Å². The third-order valence-electron chi connectivity index (χ3n) is 3.61. The maximum atomic E-state index is 12.2. The summed E-state index contributed by atoms with van der Waals surface area (Å²) >= 11 is 0. The van der Waals surface area contributed by atoms with Crippen LogP contribution in [0.3, 0.4) is 0 Å². The maximum absolute atomic E-state index is 12.2. The number of ether oxygens (including phenoxy) is 2. The number of nitrogens with one attached hydrogen (secondary N) is 1. The molecule has 0 bridgehead atoms. The Bertz CT molecular complexity index is 790. The number of hydrogen-bond donors (Lipinski definition) is 2. The molecule has 2 aromatic rings. The highest BCUT2D eigenvalue weighted by Crippen LogP contribution is 2.31. The number of hydrogen-bond acceptors (Lipinski definition) is 8. The van der Waals surface area contributed by atoms with Gasteiger partial charge in [-0.1, -0.05) is 18.2 Å². The summed E-state index contributed by atoms with van der Waals surface area (Å²) in [5.41, 5.74) is -0.822. The highest BCUT2D eigenvalue weighted by atomic mass is 16.6. The van der Waals surface area contributed by atoms with Crippen molar-refractivity contribution in [2.24, 2.45) is 0 Å². The molecule has 2 rings (SSSR count). The third kappa shape index (κ3) is 3.92. The molecule has 0 fully saturated rings. The fourth-order valence-electron chi connectivity index (χ4n) is 1.88. The summed E-state index contributed by atoms with van der Waals surface area (Å²) in [6.45, 7) is 3.52. The first-order valence-electron chi connectivity index (χ1n) is 7.46. The van der Waals surface area contributed by atoms with E-state index >= 15 is 0 Å². The van der Waals surface area contributed by atoms with E-state index in [1.807, 2.05) is 0 Å². The van der Waals surface area contributed by atoms with Gasteiger partial charge in [0.15, 0.2) is 11.5 Å². The van der Waals surface area contributed by atoms with E-state index in [4.69, 9.17) is 4.74 Å². The Hall–Kier alpha value is -3.00. The minimum absolute atomic E-state index is 0.146. The van der Waals surface area contributed by atoms with E-state index in [0.717, 1.165) is 7.11 Å². The first kappa shape index (κ1) is 18.3. The zero-order valence-electron chi connectivity index (χ0n) is 14.4. The van der Waals surface area contributed by atoms with E-state index in [-0.39, 0.29) is 17.1 Å². The summed E-state index contributed by atoms with van der Waals surface area (Å²) in [6, 6.07) is 8.14. The van der Waals surface area contributed by atoms with Crippen molar-refractivity contribution in [3.8, 4) is 11.6 Å². The average molecular weight is 345 g/mol. The molecular formula is C17H19N3O5. The second-order valence-electron chi connectivity index (χ2n) is 5.67. The average Bonchev–Trinajstić information content (AvgIpc) is 2.62. The summed E-state index contributed by atoms with van der Waals surface area (Å²) in [5.74, 6) is -2.55. The fraction of sp³-hybridized carbons (Fsp3) is 0.294. The zero-order chi connectivity index (χ0) is 18.6. The third-order valence-corrected chi connectivity index (χ3v) is 3.61. The number of rotatable bonds is 5. The molecule has 1 heterocycles. The molecule has 2 N–H and O–H groups in total. The lowest BCUT2D eigenvalue weighted by molar-refractivity contribution is 0.0582. The lowest BCUT2D eigenvalue weighted by Crippen LogP contribution is -2.36. The van der Waals surface area contributed by atoms with Crippen molar-refractivity contribution in [2.45, 2.75) is 19.4 Å².